The minimum absolute atomic E-state index is 0.0218. The van der Waals surface area contributed by atoms with Crippen molar-refractivity contribution in [3.63, 3.8) is 0 Å². The van der Waals surface area contributed by atoms with E-state index in [0.29, 0.717) is 12.3 Å². The largest absolute Gasteiger partial charge is 0.392 e. The number of hydrogen-bond acceptors (Lipinski definition) is 3. The number of aliphatic hydroxyl groups excluding tert-OH is 1. The van der Waals surface area contributed by atoms with Gasteiger partial charge in [0, 0.05) is 12.3 Å². The molecule has 0 bridgehead atoms. The van der Waals surface area contributed by atoms with Gasteiger partial charge in [-0.2, -0.15) is 0 Å². The van der Waals surface area contributed by atoms with E-state index in [1.54, 1.807) is 6.08 Å². The summed E-state index contributed by atoms with van der Waals surface area (Å²) in [6.45, 7) is 16.1. The van der Waals surface area contributed by atoms with Gasteiger partial charge in [-0.05, 0) is 25.7 Å². The van der Waals surface area contributed by atoms with Crippen LogP contribution in [0.1, 0.15) is 48.0 Å². The maximum Gasteiger partial charge on any atom is 0.163 e. The first-order valence-corrected chi connectivity index (χ1v) is 7.34. The van der Waals surface area contributed by atoms with Gasteiger partial charge >= 0.3 is 0 Å². The fourth-order valence-corrected chi connectivity index (χ4v) is 2.76. The van der Waals surface area contributed by atoms with Crippen LogP contribution >= 0.6 is 0 Å². The second-order valence-corrected chi connectivity index (χ2v) is 6.64. The molecule has 0 radical (unpaired) electrons. The SMILES string of the molecule is C=C[C@H](C)[C@H](O)C[C@@H]1OC(C)(C)O[C@H](C(C)C)[C@H]1C. The molecule has 0 aromatic heterocycles. The third-order valence-corrected chi connectivity index (χ3v) is 4.07. The lowest BCUT2D eigenvalue weighted by molar-refractivity contribution is -0.329. The molecule has 1 rings (SSSR count). The Morgan fingerprint density at radius 2 is 1.84 bits per heavy atom. The molecular formula is C16H30O3. The minimum atomic E-state index is -0.580. The number of rotatable bonds is 5. The Hall–Kier alpha value is -0.380. The first-order chi connectivity index (χ1) is 8.68. The molecule has 3 heteroatoms. The lowest BCUT2D eigenvalue weighted by Crippen LogP contribution is -2.52. The Morgan fingerprint density at radius 3 is 2.32 bits per heavy atom. The molecular weight excluding hydrogens is 240 g/mol. The van der Waals surface area contributed by atoms with Gasteiger partial charge < -0.3 is 14.6 Å². The van der Waals surface area contributed by atoms with Gasteiger partial charge in [0.2, 0.25) is 0 Å². The molecule has 0 aliphatic carbocycles. The summed E-state index contributed by atoms with van der Waals surface area (Å²) in [7, 11) is 0. The molecule has 112 valence electrons. The number of ether oxygens (including phenoxy) is 2. The van der Waals surface area contributed by atoms with Crippen LogP contribution in [-0.2, 0) is 9.47 Å². The van der Waals surface area contributed by atoms with E-state index >= 15 is 0 Å². The van der Waals surface area contributed by atoms with Crippen molar-refractivity contribution in [1.29, 1.82) is 0 Å². The van der Waals surface area contributed by atoms with E-state index in [9.17, 15) is 5.11 Å². The zero-order chi connectivity index (χ0) is 14.8. The maximum absolute atomic E-state index is 10.2. The van der Waals surface area contributed by atoms with E-state index < -0.39 is 11.9 Å². The van der Waals surface area contributed by atoms with E-state index in [1.807, 2.05) is 20.8 Å². The normalized spacial score (nSPS) is 34.0. The van der Waals surface area contributed by atoms with Crippen molar-refractivity contribution in [3.05, 3.63) is 12.7 Å². The topological polar surface area (TPSA) is 38.7 Å². The minimum Gasteiger partial charge on any atom is -0.392 e. The van der Waals surface area contributed by atoms with Crippen LogP contribution in [0.15, 0.2) is 12.7 Å². The highest BCUT2D eigenvalue weighted by molar-refractivity contribution is 4.89. The second-order valence-electron chi connectivity index (χ2n) is 6.64. The molecule has 0 aromatic rings. The average Bonchev–Trinajstić information content (AvgIpc) is 2.31. The highest BCUT2D eigenvalue weighted by Crippen LogP contribution is 2.36. The van der Waals surface area contributed by atoms with Crippen molar-refractivity contribution in [2.75, 3.05) is 0 Å². The number of hydrogen-bond donors (Lipinski definition) is 1. The van der Waals surface area contributed by atoms with Crippen molar-refractivity contribution in [3.8, 4) is 0 Å². The van der Waals surface area contributed by atoms with E-state index in [4.69, 9.17) is 9.47 Å². The monoisotopic (exact) mass is 270 g/mol. The Morgan fingerprint density at radius 1 is 1.26 bits per heavy atom. The fraction of sp³-hybridized carbons (Fsp3) is 0.875. The molecule has 0 aromatic carbocycles. The predicted octanol–water partition coefficient (Wildman–Crippen LogP) is 3.37. The summed E-state index contributed by atoms with van der Waals surface area (Å²) in [5.41, 5.74) is 0. The van der Waals surface area contributed by atoms with Crippen molar-refractivity contribution in [1.82, 2.24) is 0 Å². The van der Waals surface area contributed by atoms with Crippen LogP contribution in [0.2, 0.25) is 0 Å². The summed E-state index contributed by atoms with van der Waals surface area (Å²) >= 11 is 0. The smallest absolute Gasteiger partial charge is 0.163 e. The predicted molar refractivity (Wildman–Crippen MR) is 77.8 cm³/mol. The zero-order valence-corrected chi connectivity index (χ0v) is 13.2. The van der Waals surface area contributed by atoms with Gasteiger partial charge in [0.15, 0.2) is 5.79 Å². The van der Waals surface area contributed by atoms with Crippen molar-refractivity contribution >= 4 is 0 Å². The van der Waals surface area contributed by atoms with Crippen LogP contribution < -0.4 is 0 Å². The van der Waals surface area contributed by atoms with Crippen molar-refractivity contribution < 1.29 is 14.6 Å². The third-order valence-electron chi connectivity index (χ3n) is 4.07. The van der Waals surface area contributed by atoms with Crippen molar-refractivity contribution in [2.24, 2.45) is 17.8 Å². The summed E-state index contributed by atoms with van der Waals surface area (Å²) < 4.78 is 12.0. The Labute approximate surface area is 118 Å². The van der Waals surface area contributed by atoms with Gasteiger partial charge in [-0.1, -0.05) is 33.8 Å². The van der Waals surface area contributed by atoms with Gasteiger partial charge in [-0.15, -0.1) is 6.58 Å². The van der Waals surface area contributed by atoms with Gasteiger partial charge in [0.1, 0.15) is 0 Å². The van der Waals surface area contributed by atoms with Crippen molar-refractivity contribution in [2.45, 2.75) is 72.1 Å². The van der Waals surface area contributed by atoms with Gasteiger partial charge in [0.05, 0.1) is 18.3 Å². The fourth-order valence-electron chi connectivity index (χ4n) is 2.76. The molecule has 1 N–H and O–H groups in total. The van der Waals surface area contributed by atoms with Crippen LogP contribution in [0.3, 0.4) is 0 Å². The number of aliphatic hydroxyl groups is 1. The lowest BCUT2D eigenvalue weighted by atomic mass is 9.84. The van der Waals surface area contributed by atoms with Crippen LogP contribution in [0, 0.1) is 17.8 Å². The highest BCUT2D eigenvalue weighted by Gasteiger charge is 2.42. The van der Waals surface area contributed by atoms with E-state index in [0.717, 1.165) is 0 Å². The molecule has 1 aliphatic heterocycles. The van der Waals surface area contributed by atoms with Crippen LogP contribution in [-0.4, -0.2) is 29.2 Å². The summed E-state index contributed by atoms with van der Waals surface area (Å²) in [5.74, 6) is 0.220. The molecule has 5 atom stereocenters. The van der Waals surface area contributed by atoms with E-state index in [1.165, 1.54) is 0 Å². The van der Waals surface area contributed by atoms with Crippen LogP contribution in [0.4, 0.5) is 0 Å². The average molecular weight is 270 g/mol. The lowest BCUT2D eigenvalue weighted by Gasteiger charge is -2.47. The Kier molecular flexibility index (Phi) is 5.60. The van der Waals surface area contributed by atoms with Gasteiger partial charge in [-0.3, -0.25) is 0 Å². The molecule has 1 aliphatic rings. The summed E-state index contributed by atoms with van der Waals surface area (Å²) in [6, 6.07) is 0. The summed E-state index contributed by atoms with van der Waals surface area (Å²) in [6.07, 6.45) is 2.20. The summed E-state index contributed by atoms with van der Waals surface area (Å²) in [4.78, 5) is 0. The highest BCUT2D eigenvalue weighted by atomic mass is 16.7. The first-order valence-electron chi connectivity index (χ1n) is 7.34. The van der Waals surface area contributed by atoms with E-state index in [2.05, 4.69) is 27.4 Å². The van der Waals surface area contributed by atoms with E-state index in [-0.39, 0.29) is 24.0 Å². The quantitative estimate of drug-likeness (QED) is 0.778. The molecule has 0 unspecified atom stereocenters. The third kappa shape index (κ3) is 4.30. The standard InChI is InChI=1S/C16H30O3/c1-8-11(4)13(17)9-14-12(5)15(10(2)3)19-16(6,7)18-14/h8,10-15,17H,1,9H2,2-7H3/t11-,12-,13+,14-,15+/m0/s1. The molecule has 0 saturated carbocycles. The first kappa shape index (κ1) is 16.7. The molecule has 0 amide bonds. The summed E-state index contributed by atoms with van der Waals surface area (Å²) in [5, 5.41) is 10.2. The molecule has 1 heterocycles. The molecule has 0 spiro atoms. The zero-order valence-electron chi connectivity index (χ0n) is 13.2. The van der Waals surface area contributed by atoms with Gasteiger partial charge in [0.25, 0.3) is 0 Å². The van der Waals surface area contributed by atoms with Crippen LogP contribution in [0.25, 0.3) is 0 Å². The Balaban J connectivity index is 2.77. The maximum atomic E-state index is 10.2. The second kappa shape index (κ2) is 6.38. The molecule has 1 fully saturated rings. The Bertz CT molecular complexity index is 298. The molecule has 19 heavy (non-hydrogen) atoms. The van der Waals surface area contributed by atoms with Crippen LogP contribution in [0.5, 0.6) is 0 Å². The van der Waals surface area contributed by atoms with Gasteiger partial charge in [-0.25, -0.2) is 0 Å². The molecule has 3 nitrogen and oxygen atoms in total. The molecule has 1 saturated heterocycles.